The summed E-state index contributed by atoms with van der Waals surface area (Å²) in [5.41, 5.74) is 5.50. The van der Waals surface area contributed by atoms with E-state index in [1.54, 1.807) is 18.1 Å². The summed E-state index contributed by atoms with van der Waals surface area (Å²) in [4.78, 5) is 15.9. The van der Waals surface area contributed by atoms with Crippen LogP contribution in [0, 0.1) is 11.8 Å². The molecule has 0 aliphatic rings. The van der Waals surface area contributed by atoms with Crippen molar-refractivity contribution < 1.29 is 10.0 Å². The van der Waals surface area contributed by atoms with Crippen LogP contribution in [0.3, 0.4) is 0 Å². The molecule has 8 nitrogen and oxygen atoms in total. The summed E-state index contributed by atoms with van der Waals surface area (Å²) in [6.07, 6.45) is 1.55. The minimum Gasteiger partial charge on any atom is -0.409 e. The highest BCUT2D eigenvalue weighted by atomic mass is 16.4. The van der Waals surface area contributed by atoms with Gasteiger partial charge in [0, 0.05) is 7.05 Å². The van der Waals surface area contributed by atoms with Gasteiger partial charge in [-0.1, -0.05) is 19.0 Å². The van der Waals surface area contributed by atoms with Crippen LogP contribution < -0.4 is 11.1 Å². The first-order chi connectivity index (χ1) is 8.45. The van der Waals surface area contributed by atoms with Crippen LogP contribution >= 0.6 is 0 Å². The van der Waals surface area contributed by atoms with Gasteiger partial charge in [0.25, 0.3) is 0 Å². The molecule has 4 N–H and O–H groups in total. The van der Waals surface area contributed by atoms with Gasteiger partial charge in [0.05, 0.1) is 6.54 Å². The van der Waals surface area contributed by atoms with Crippen molar-refractivity contribution in [1.29, 1.82) is 0 Å². The average Bonchev–Trinajstić information content (AvgIpc) is 2.72. The van der Waals surface area contributed by atoms with Crippen LogP contribution in [0.25, 0.3) is 0 Å². The maximum absolute atomic E-state index is 11.9. The maximum atomic E-state index is 11.9. The topological polar surface area (TPSA) is 118 Å². The van der Waals surface area contributed by atoms with Gasteiger partial charge in [-0.25, -0.2) is 4.98 Å². The molecule has 1 unspecified atom stereocenters. The van der Waals surface area contributed by atoms with Gasteiger partial charge in [-0.15, -0.1) is 0 Å². The lowest BCUT2D eigenvalue weighted by atomic mass is 9.94. The number of hydrogen-bond acceptors (Lipinski definition) is 5. The number of nitrogens with one attached hydrogen (secondary N) is 1. The van der Waals surface area contributed by atoms with Crippen LogP contribution in [0.15, 0.2) is 11.5 Å². The van der Waals surface area contributed by atoms with Crippen molar-refractivity contribution in [3.63, 3.8) is 0 Å². The molecule has 0 aliphatic heterocycles. The van der Waals surface area contributed by atoms with E-state index in [1.807, 2.05) is 13.8 Å². The Labute approximate surface area is 105 Å². The van der Waals surface area contributed by atoms with Gasteiger partial charge in [-0.2, -0.15) is 5.10 Å². The number of hydrogen-bond donors (Lipinski definition) is 3. The SMILES string of the molecule is CC(C)C(C(=O)NCc1ncn(C)n1)C(N)=NO. The number of aryl methyl sites for hydroxylation is 1. The molecule has 18 heavy (non-hydrogen) atoms. The first kappa shape index (κ1) is 13.9. The van der Waals surface area contributed by atoms with Crippen molar-refractivity contribution in [1.82, 2.24) is 20.1 Å². The van der Waals surface area contributed by atoms with Gasteiger partial charge in [-0.05, 0) is 5.92 Å². The molecule has 0 fully saturated rings. The molecule has 1 aromatic rings. The molecule has 8 heteroatoms. The third-order valence-electron chi connectivity index (χ3n) is 2.45. The summed E-state index contributed by atoms with van der Waals surface area (Å²) < 4.78 is 1.55. The minimum absolute atomic E-state index is 0.0717. The highest BCUT2D eigenvalue weighted by Crippen LogP contribution is 2.11. The van der Waals surface area contributed by atoms with Crippen LogP contribution in [0.2, 0.25) is 0 Å². The lowest BCUT2D eigenvalue weighted by Crippen LogP contribution is -2.41. The Morgan fingerprint density at radius 3 is 2.78 bits per heavy atom. The van der Waals surface area contributed by atoms with E-state index in [0.29, 0.717) is 5.82 Å². The molecular weight excluding hydrogens is 236 g/mol. The largest absolute Gasteiger partial charge is 0.409 e. The average molecular weight is 254 g/mol. The summed E-state index contributed by atoms with van der Waals surface area (Å²) in [6, 6.07) is 0. The number of amides is 1. The van der Waals surface area contributed by atoms with E-state index >= 15 is 0 Å². The Hall–Kier alpha value is -2.12. The predicted molar refractivity (Wildman–Crippen MR) is 64.6 cm³/mol. The quantitative estimate of drug-likeness (QED) is 0.282. The fourth-order valence-electron chi connectivity index (χ4n) is 1.58. The van der Waals surface area contributed by atoms with E-state index in [-0.39, 0.29) is 24.2 Å². The number of rotatable bonds is 5. The number of carbonyl (C=O) groups is 1. The van der Waals surface area contributed by atoms with Crippen molar-refractivity contribution >= 4 is 11.7 Å². The molecular formula is C10H18N6O2. The second kappa shape index (κ2) is 5.99. The summed E-state index contributed by atoms with van der Waals surface area (Å²) in [6.45, 7) is 3.85. The molecule has 1 aromatic heterocycles. The molecule has 100 valence electrons. The zero-order valence-corrected chi connectivity index (χ0v) is 10.7. The minimum atomic E-state index is -0.668. The third-order valence-corrected chi connectivity index (χ3v) is 2.45. The molecule has 0 bridgehead atoms. The Balaban J connectivity index is 2.62. The van der Waals surface area contributed by atoms with Crippen LogP contribution in [0.4, 0.5) is 0 Å². The smallest absolute Gasteiger partial charge is 0.231 e. The van der Waals surface area contributed by atoms with E-state index < -0.39 is 5.92 Å². The second-order valence-electron chi connectivity index (χ2n) is 4.30. The molecule has 0 aliphatic carbocycles. The molecule has 0 radical (unpaired) electrons. The third kappa shape index (κ3) is 3.44. The molecule has 0 saturated heterocycles. The highest BCUT2D eigenvalue weighted by molar-refractivity contribution is 6.02. The van der Waals surface area contributed by atoms with Gasteiger partial charge in [-0.3, -0.25) is 9.48 Å². The first-order valence-corrected chi connectivity index (χ1v) is 5.55. The molecule has 0 saturated carbocycles. The standard InChI is InChI=1S/C10H18N6O2/c1-6(2)8(9(11)15-18)10(17)12-4-7-13-5-16(3)14-7/h5-6,8,18H,4H2,1-3H3,(H2,11,15)(H,12,17). The number of carbonyl (C=O) groups excluding carboxylic acids is 1. The lowest BCUT2D eigenvalue weighted by molar-refractivity contribution is -0.124. The zero-order valence-electron chi connectivity index (χ0n) is 10.7. The van der Waals surface area contributed by atoms with Crippen LogP contribution in [0.1, 0.15) is 19.7 Å². The molecule has 0 spiro atoms. The predicted octanol–water partition coefficient (Wildman–Crippen LogP) is -0.550. The fraction of sp³-hybridized carbons (Fsp3) is 0.600. The van der Waals surface area contributed by atoms with Gasteiger partial charge in [0.1, 0.15) is 12.2 Å². The number of oxime groups is 1. The van der Waals surface area contributed by atoms with Crippen LogP contribution in [-0.2, 0) is 18.4 Å². The van der Waals surface area contributed by atoms with Crippen LogP contribution in [-0.4, -0.2) is 31.7 Å². The number of nitrogens with two attached hydrogens (primary N) is 1. The van der Waals surface area contributed by atoms with E-state index in [0.717, 1.165) is 0 Å². The van der Waals surface area contributed by atoms with Gasteiger partial charge in [0.15, 0.2) is 11.7 Å². The molecule has 1 rings (SSSR count). The monoisotopic (exact) mass is 254 g/mol. The summed E-state index contributed by atoms with van der Waals surface area (Å²) in [5.74, 6) is -0.645. The van der Waals surface area contributed by atoms with E-state index in [1.165, 1.54) is 0 Å². The normalized spacial score (nSPS) is 13.7. The Morgan fingerprint density at radius 2 is 2.33 bits per heavy atom. The van der Waals surface area contributed by atoms with E-state index in [2.05, 4.69) is 20.6 Å². The molecule has 1 heterocycles. The Bertz CT molecular complexity index is 439. The summed E-state index contributed by atoms with van der Waals surface area (Å²) >= 11 is 0. The van der Waals surface area contributed by atoms with Crippen molar-refractivity contribution in [3.05, 3.63) is 12.2 Å². The molecule has 1 atom stereocenters. The second-order valence-corrected chi connectivity index (χ2v) is 4.30. The number of nitrogens with zero attached hydrogens (tertiary/aromatic N) is 4. The maximum Gasteiger partial charge on any atom is 0.231 e. The van der Waals surface area contributed by atoms with E-state index in [9.17, 15) is 4.79 Å². The molecule has 1 amide bonds. The van der Waals surface area contributed by atoms with Crippen molar-refractivity contribution in [2.45, 2.75) is 20.4 Å². The summed E-state index contributed by atoms with van der Waals surface area (Å²) in [7, 11) is 1.74. The summed E-state index contributed by atoms with van der Waals surface area (Å²) in [5, 5.41) is 18.2. The number of amidine groups is 1. The Morgan fingerprint density at radius 1 is 1.67 bits per heavy atom. The lowest BCUT2D eigenvalue weighted by Gasteiger charge is -2.18. The van der Waals surface area contributed by atoms with Crippen molar-refractivity contribution in [2.75, 3.05) is 0 Å². The van der Waals surface area contributed by atoms with Gasteiger partial charge < -0.3 is 16.3 Å². The van der Waals surface area contributed by atoms with Gasteiger partial charge in [0.2, 0.25) is 5.91 Å². The zero-order chi connectivity index (χ0) is 13.7. The Kier molecular flexibility index (Phi) is 4.64. The van der Waals surface area contributed by atoms with E-state index in [4.69, 9.17) is 10.9 Å². The number of aromatic nitrogens is 3. The molecule has 0 aromatic carbocycles. The van der Waals surface area contributed by atoms with Gasteiger partial charge >= 0.3 is 0 Å². The highest BCUT2D eigenvalue weighted by Gasteiger charge is 2.26. The van der Waals surface area contributed by atoms with Crippen LogP contribution in [0.5, 0.6) is 0 Å². The van der Waals surface area contributed by atoms with Crippen molar-refractivity contribution in [2.24, 2.45) is 29.8 Å². The van der Waals surface area contributed by atoms with Crippen molar-refractivity contribution in [3.8, 4) is 0 Å². The first-order valence-electron chi connectivity index (χ1n) is 5.55. The fourth-order valence-corrected chi connectivity index (χ4v) is 1.58.